The van der Waals surface area contributed by atoms with Gasteiger partial charge in [0.1, 0.15) is 35.8 Å². The van der Waals surface area contributed by atoms with Gasteiger partial charge in [0, 0.05) is 63.7 Å². The van der Waals surface area contributed by atoms with Crippen LogP contribution in [0.1, 0.15) is 92.1 Å². The topological polar surface area (TPSA) is 214 Å². The summed E-state index contributed by atoms with van der Waals surface area (Å²) in [6.45, 7) is 5.54. The normalized spacial score (nSPS) is 17.3. The van der Waals surface area contributed by atoms with E-state index in [2.05, 4.69) is 10.6 Å². The summed E-state index contributed by atoms with van der Waals surface area (Å²) in [4.78, 5) is 76.0. The first-order valence-electron chi connectivity index (χ1n) is 20.8. The average Bonchev–Trinajstić information content (AvgIpc) is 4.20. The lowest BCUT2D eigenvalue weighted by molar-refractivity contribution is 0.0924. The first kappa shape index (κ1) is 47.1. The molecular weight excluding hydrogens is 801 g/mol. The molecule has 16 heteroatoms. The number of nitrogens with zero attached hydrogens (tertiary/aromatic N) is 2. The van der Waals surface area contributed by atoms with Gasteiger partial charge in [-0.2, -0.15) is 0 Å². The lowest BCUT2D eigenvalue weighted by atomic mass is 10.0. The Labute approximate surface area is 359 Å². The van der Waals surface area contributed by atoms with Crippen LogP contribution in [0.5, 0.6) is 11.5 Å². The third kappa shape index (κ3) is 13.0. The van der Waals surface area contributed by atoms with E-state index >= 15 is 0 Å². The van der Waals surface area contributed by atoms with Crippen molar-refractivity contribution in [3.05, 3.63) is 127 Å². The van der Waals surface area contributed by atoms with Crippen LogP contribution in [0.4, 0.5) is 0 Å². The van der Waals surface area contributed by atoms with Crippen LogP contribution in [-0.4, -0.2) is 109 Å². The lowest BCUT2D eigenvalue weighted by Gasteiger charge is -2.12. The summed E-state index contributed by atoms with van der Waals surface area (Å²) in [5, 5.41) is 22.8. The number of carbonyl (C=O) groups is 4. The van der Waals surface area contributed by atoms with Crippen LogP contribution in [0, 0.1) is 11.8 Å². The number of benzene rings is 2. The van der Waals surface area contributed by atoms with Crippen molar-refractivity contribution in [3.63, 3.8) is 0 Å². The molecule has 2 fully saturated rings. The number of aliphatic hydroxyl groups is 2. The number of rotatable bonds is 22. The van der Waals surface area contributed by atoms with Crippen LogP contribution in [0.3, 0.4) is 0 Å². The molecule has 2 aromatic carbocycles. The summed E-state index contributed by atoms with van der Waals surface area (Å²) >= 11 is 0. The number of ketones is 2. The molecule has 2 aliphatic rings. The fourth-order valence-electron chi connectivity index (χ4n) is 7.01. The van der Waals surface area contributed by atoms with E-state index < -0.39 is 22.9 Å². The number of carbonyl (C=O) groups excluding carboxylic acids is 4. The highest BCUT2D eigenvalue weighted by atomic mass is 16.5. The van der Waals surface area contributed by atoms with Crippen molar-refractivity contribution in [2.75, 3.05) is 53.7 Å². The van der Waals surface area contributed by atoms with Crippen molar-refractivity contribution in [1.82, 2.24) is 19.8 Å². The zero-order chi connectivity index (χ0) is 44.8. The molecule has 332 valence electrons. The van der Waals surface area contributed by atoms with E-state index in [-0.39, 0.29) is 86.3 Å². The van der Waals surface area contributed by atoms with Crippen molar-refractivity contribution in [2.45, 2.75) is 64.8 Å². The van der Waals surface area contributed by atoms with Crippen LogP contribution in [0.25, 0.3) is 0 Å². The van der Waals surface area contributed by atoms with Crippen molar-refractivity contribution in [3.8, 4) is 11.5 Å². The van der Waals surface area contributed by atoms with E-state index in [0.29, 0.717) is 48.7 Å². The van der Waals surface area contributed by atoms with Gasteiger partial charge in [0.15, 0.2) is 11.6 Å². The Morgan fingerprint density at radius 2 is 1.05 bits per heavy atom. The maximum absolute atomic E-state index is 12.9. The molecule has 62 heavy (non-hydrogen) atoms. The van der Waals surface area contributed by atoms with Crippen molar-refractivity contribution in [1.29, 1.82) is 0 Å². The summed E-state index contributed by atoms with van der Waals surface area (Å²) in [7, 11) is 2.89. The highest BCUT2D eigenvalue weighted by molar-refractivity contribution is 6.01. The molecular formula is C46H56N4O12. The van der Waals surface area contributed by atoms with Crippen LogP contribution >= 0.6 is 0 Å². The van der Waals surface area contributed by atoms with Gasteiger partial charge >= 0.3 is 0 Å². The molecule has 2 aromatic heterocycles. The number of hydrogen-bond donors (Lipinski definition) is 4. The second-order valence-corrected chi connectivity index (χ2v) is 15.0. The second-order valence-electron chi connectivity index (χ2n) is 15.0. The smallest absolute Gasteiger partial charge is 0.263 e. The third-order valence-corrected chi connectivity index (χ3v) is 10.4. The van der Waals surface area contributed by atoms with Gasteiger partial charge < -0.3 is 48.9 Å². The quantitative estimate of drug-likeness (QED) is 0.0840. The predicted octanol–water partition coefficient (Wildman–Crippen LogP) is 3.25. The molecule has 4 atom stereocenters. The Hall–Kier alpha value is -5.94. The van der Waals surface area contributed by atoms with E-state index in [1.54, 1.807) is 36.4 Å². The molecule has 0 spiro atoms. The van der Waals surface area contributed by atoms with Gasteiger partial charge in [0.25, 0.3) is 22.9 Å². The van der Waals surface area contributed by atoms with E-state index in [4.69, 9.17) is 29.2 Å². The Morgan fingerprint density at radius 1 is 0.645 bits per heavy atom. The largest absolute Gasteiger partial charge is 0.491 e. The second kappa shape index (κ2) is 22.8. The number of amides is 2. The van der Waals surface area contributed by atoms with Crippen LogP contribution in [-0.2, 0) is 22.6 Å². The minimum Gasteiger partial charge on any atom is -0.491 e. The van der Waals surface area contributed by atoms with Crippen molar-refractivity contribution in [2.24, 2.45) is 11.8 Å². The van der Waals surface area contributed by atoms with Crippen LogP contribution < -0.4 is 31.2 Å². The number of pyridine rings is 2. The summed E-state index contributed by atoms with van der Waals surface area (Å²) < 4.78 is 24.7. The SMILES string of the molecule is CCO[C@@H]1C[C@H]1CC(=O)c1cc(C(=O)NC)c(=O)n(Cc2cccc(OCCO)c2)c1.CCO[C@H]1C[C@@H]1CC(=O)c1cc(C(=O)NC)c(=O)n(Cc2cccc(OCCO)c2)c1. The van der Waals surface area contributed by atoms with E-state index in [1.807, 2.05) is 26.0 Å². The number of ether oxygens (including phenoxy) is 4. The van der Waals surface area contributed by atoms with Gasteiger partial charge in [0.2, 0.25) is 0 Å². The average molecular weight is 857 g/mol. The zero-order valence-electron chi connectivity index (χ0n) is 35.6. The number of Topliss-reactive ketones (excluding diaryl/α,β-unsaturated/α-hetero) is 2. The van der Waals surface area contributed by atoms with Crippen molar-refractivity contribution >= 4 is 23.4 Å². The Morgan fingerprint density at radius 3 is 1.40 bits per heavy atom. The highest BCUT2D eigenvalue weighted by Gasteiger charge is 2.40. The Kier molecular flexibility index (Phi) is 17.3. The fraction of sp³-hybridized carbons (Fsp3) is 0.435. The molecule has 16 nitrogen and oxygen atoms in total. The lowest BCUT2D eigenvalue weighted by Crippen LogP contribution is -2.32. The Bertz CT molecular complexity index is 2160. The third-order valence-electron chi connectivity index (χ3n) is 10.4. The maximum atomic E-state index is 12.9. The predicted molar refractivity (Wildman–Crippen MR) is 229 cm³/mol. The van der Waals surface area contributed by atoms with E-state index in [9.17, 15) is 28.8 Å². The Balaban J connectivity index is 0.000000234. The monoisotopic (exact) mass is 856 g/mol. The number of nitrogens with one attached hydrogen (secondary N) is 2. The molecule has 0 unspecified atom stereocenters. The van der Waals surface area contributed by atoms with Gasteiger partial charge in [0.05, 0.1) is 38.5 Å². The molecule has 0 aliphatic heterocycles. The van der Waals surface area contributed by atoms with Gasteiger partial charge in [-0.25, -0.2) is 0 Å². The highest BCUT2D eigenvalue weighted by Crippen LogP contribution is 2.38. The fourth-order valence-corrected chi connectivity index (χ4v) is 7.01. The molecule has 2 aliphatic carbocycles. The maximum Gasteiger partial charge on any atom is 0.263 e. The van der Waals surface area contributed by atoms with E-state index in [1.165, 1.54) is 47.8 Å². The molecule has 4 N–H and O–H groups in total. The van der Waals surface area contributed by atoms with Gasteiger partial charge in [-0.1, -0.05) is 24.3 Å². The molecule has 2 amide bonds. The molecule has 0 radical (unpaired) electrons. The zero-order valence-corrected chi connectivity index (χ0v) is 35.6. The summed E-state index contributed by atoms with van der Waals surface area (Å²) in [6.07, 6.45) is 5.58. The molecule has 0 bridgehead atoms. The number of aliphatic hydroxyl groups excluding tert-OH is 2. The minimum atomic E-state index is -0.535. The van der Waals surface area contributed by atoms with Crippen LogP contribution in [0.2, 0.25) is 0 Å². The number of hydrogen-bond acceptors (Lipinski definition) is 12. The first-order chi connectivity index (χ1) is 29.9. The van der Waals surface area contributed by atoms with Crippen LogP contribution in [0.15, 0.2) is 82.6 Å². The van der Waals surface area contributed by atoms with Gasteiger partial charge in [-0.15, -0.1) is 0 Å². The van der Waals surface area contributed by atoms with Crippen molar-refractivity contribution < 1.29 is 48.3 Å². The molecule has 0 saturated heterocycles. The van der Waals surface area contributed by atoms with E-state index in [0.717, 1.165) is 24.0 Å². The summed E-state index contributed by atoms with van der Waals surface area (Å²) in [5.74, 6) is 0.174. The van der Waals surface area contributed by atoms with Gasteiger partial charge in [-0.05, 0) is 86.1 Å². The number of aromatic nitrogens is 2. The summed E-state index contributed by atoms with van der Waals surface area (Å²) in [6, 6.07) is 17.0. The molecule has 6 rings (SSSR count). The first-order valence-corrected chi connectivity index (χ1v) is 20.8. The molecule has 4 aromatic rings. The standard InChI is InChI=1S/2C23H28N2O6/c2*1-3-30-21-12-16(21)11-20(27)17-10-19(22(28)24-2)23(29)25(14-17)13-15-5-4-6-18(9-15)31-8-7-26/h2*4-6,9-10,14,16,21,26H,3,7-8,11-13H2,1-2H3,(H,24,28)/t2*16-,21-/m10/s1. The molecule has 2 saturated carbocycles. The van der Waals surface area contributed by atoms with Gasteiger partial charge in [-0.3, -0.25) is 28.8 Å². The minimum absolute atomic E-state index is 0.0711. The summed E-state index contributed by atoms with van der Waals surface area (Å²) in [5.41, 5.74) is 1.09. The molecule has 2 heterocycles.